The van der Waals surface area contributed by atoms with E-state index in [1.54, 1.807) is 0 Å². The predicted octanol–water partition coefficient (Wildman–Crippen LogP) is 15.3. The molecule has 1 atom stereocenters. The summed E-state index contributed by atoms with van der Waals surface area (Å²) in [5.41, 5.74) is 14.5. The van der Waals surface area contributed by atoms with Crippen LogP contribution in [0.5, 0.6) is 0 Å². The molecule has 0 aliphatic heterocycles. The van der Waals surface area contributed by atoms with E-state index in [9.17, 15) is 0 Å². The molecule has 1 aliphatic rings. The van der Waals surface area contributed by atoms with E-state index in [-0.39, 0.29) is 5.41 Å². The Hall–Kier alpha value is -7.22. The maximum atomic E-state index is 2.46. The van der Waals surface area contributed by atoms with Crippen LogP contribution in [0, 0.1) is 0 Å². The number of anilines is 3. The van der Waals surface area contributed by atoms with Crippen molar-refractivity contribution in [1.29, 1.82) is 0 Å². The Balaban J connectivity index is 1.11. The minimum atomic E-state index is -0.356. The van der Waals surface area contributed by atoms with E-state index in [4.69, 9.17) is 0 Å². The maximum Gasteiger partial charge on any atom is 0.0543 e. The summed E-state index contributed by atoms with van der Waals surface area (Å²) < 4.78 is 0. The molecule has 10 aromatic carbocycles. The maximum absolute atomic E-state index is 2.46. The van der Waals surface area contributed by atoms with E-state index in [0.717, 1.165) is 11.4 Å². The Morgan fingerprint density at radius 1 is 0.316 bits per heavy atom. The van der Waals surface area contributed by atoms with Crippen LogP contribution < -0.4 is 4.90 Å². The Bertz CT molecular complexity index is 3000. The summed E-state index contributed by atoms with van der Waals surface area (Å²) in [6.07, 6.45) is 0. The number of hydrogen-bond donors (Lipinski definition) is 0. The molecule has 0 saturated carbocycles. The van der Waals surface area contributed by atoms with E-state index >= 15 is 0 Å². The Labute approximate surface area is 333 Å². The first-order valence-corrected chi connectivity index (χ1v) is 19.8. The highest BCUT2D eigenvalue weighted by molar-refractivity contribution is 6.01. The van der Waals surface area contributed by atoms with E-state index in [0.29, 0.717) is 0 Å². The standard InChI is InChI=1S/C56H39N/c1-56(51-27-12-19-40-16-4-7-22-49(40)51)52-26-9-8-23-50(52)55-53(56)28-13-29-54(55)57(43-34-30-41(31-35-43)47-24-10-17-38-14-2-5-20-45(38)47)44-36-32-42(33-37-44)48-25-11-18-39-15-3-6-21-46(39)48/h2-37H,1H3. The second-order valence-electron chi connectivity index (χ2n) is 15.4. The zero-order valence-electron chi connectivity index (χ0n) is 31.7. The molecule has 0 radical (unpaired) electrons. The van der Waals surface area contributed by atoms with Crippen molar-refractivity contribution >= 4 is 49.4 Å². The van der Waals surface area contributed by atoms with Gasteiger partial charge in [-0.15, -0.1) is 0 Å². The highest BCUT2D eigenvalue weighted by atomic mass is 15.1. The minimum absolute atomic E-state index is 0.356. The van der Waals surface area contributed by atoms with Gasteiger partial charge in [-0.05, 0) is 114 Å². The lowest BCUT2D eigenvalue weighted by Crippen LogP contribution is -2.23. The van der Waals surface area contributed by atoms with Crippen LogP contribution in [0.2, 0.25) is 0 Å². The van der Waals surface area contributed by atoms with Gasteiger partial charge >= 0.3 is 0 Å². The number of fused-ring (bicyclic) bond motifs is 6. The molecule has 10 aromatic rings. The molecular formula is C56H39N. The Morgan fingerprint density at radius 3 is 1.32 bits per heavy atom. The molecule has 1 nitrogen and oxygen atoms in total. The lowest BCUT2D eigenvalue weighted by atomic mass is 9.72. The van der Waals surface area contributed by atoms with Gasteiger partial charge in [0, 0.05) is 22.4 Å². The van der Waals surface area contributed by atoms with Crippen molar-refractivity contribution in [1.82, 2.24) is 0 Å². The minimum Gasteiger partial charge on any atom is -0.310 e. The Morgan fingerprint density at radius 2 is 0.719 bits per heavy atom. The number of hydrogen-bond acceptors (Lipinski definition) is 1. The quantitative estimate of drug-likeness (QED) is 0.165. The Kier molecular flexibility index (Phi) is 7.69. The van der Waals surface area contributed by atoms with Gasteiger partial charge in [0.15, 0.2) is 0 Å². The summed E-state index contributed by atoms with van der Waals surface area (Å²) in [6.45, 7) is 2.42. The molecule has 0 heterocycles. The largest absolute Gasteiger partial charge is 0.310 e. The highest BCUT2D eigenvalue weighted by Gasteiger charge is 2.43. The molecular weight excluding hydrogens is 687 g/mol. The van der Waals surface area contributed by atoms with Gasteiger partial charge in [0.25, 0.3) is 0 Å². The zero-order chi connectivity index (χ0) is 37.9. The van der Waals surface area contributed by atoms with Crippen LogP contribution in [0.1, 0.15) is 23.6 Å². The van der Waals surface area contributed by atoms with Crippen molar-refractivity contribution in [3.05, 3.63) is 235 Å². The van der Waals surface area contributed by atoms with Crippen LogP contribution >= 0.6 is 0 Å². The molecule has 0 fully saturated rings. The highest BCUT2D eigenvalue weighted by Crippen LogP contribution is 2.57. The molecule has 1 aliphatic carbocycles. The van der Waals surface area contributed by atoms with Crippen molar-refractivity contribution in [3.63, 3.8) is 0 Å². The van der Waals surface area contributed by atoms with Gasteiger partial charge in [0.1, 0.15) is 0 Å². The molecule has 11 rings (SSSR count). The second-order valence-corrected chi connectivity index (χ2v) is 15.4. The third-order valence-corrected chi connectivity index (χ3v) is 12.3. The van der Waals surface area contributed by atoms with Gasteiger partial charge in [-0.2, -0.15) is 0 Å². The molecule has 0 amide bonds. The van der Waals surface area contributed by atoms with Crippen molar-refractivity contribution in [3.8, 4) is 33.4 Å². The molecule has 0 saturated heterocycles. The summed E-state index contributed by atoms with van der Waals surface area (Å²) in [7, 11) is 0. The molecule has 0 aromatic heterocycles. The van der Waals surface area contributed by atoms with Gasteiger partial charge in [-0.3, -0.25) is 0 Å². The van der Waals surface area contributed by atoms with E-state index in [1.165, 1.54) is 88.1 Å². The first-order valence-electron chi connectivity index (χ1n) is 19.8. The average molecular weight is 726 g/mol. The van der Waals surface area contributed by atoms with Crippen molar-refractivity contribution in [2.75, 3.05) is 4.90 Å². The van der Waals surface area contributed by atoms with Crippen LogP contribution in [0.15, 0.2) is 218 Å². The van der Waals surface area contributed by atoms with Gasteiger partial charge < -0.3 is 4.90 Å². The van der Waals surface area contributed by atoms with E-state index in [1.807, 2.05) is 0 Å². The van der Waals surface area contributed by atoms with E-state index in [2.05, 4.69) is 230 Å². The molecule has 1 unspecified atom stereocenters. The first kappa shape index (κ1) is 33.1. The second kappa shape index (κ2) is 13.2. The SMILES string of the molecule is CC1(c2cccc3ccccc23)c2ccccc2-c2c(N(c3ccc(-c4cccc5ccccc45)cc3)c3ccc(-c4cccc5ccccc45)cc3)cccc21. The average Bonchev–Trinajstić information content (AvgIpc) is 3.55. The molecule has 1 heteroatoms. The van der Waals surface area contributed by atoms with Gasteiger partial charge in [0.05, 0.1) is 5.69 Å². The first-order chi connectivity index (χ1) is 28.2. The summed E-state index contributed by atoms with van der Waals surface area (Å²) >= 11 is 0. The van der Waals surface area contributed by atoms with Crippen LogP contribution in [0.3, 0.4) is 0 Å². The normalized spacial score (nSPS) is 14.5. The topological polar surface area (TPSA) is 3.24 Å². The van der Waals surface area contributed by atoms with Crippen molar-refractivity contribution < 1.29 is 0 Å². The molecule has 0 bridgehead atoms. The number of benzene rings is 10. The summed E-state index contributed by atoms with van der Waals surface area (Å²) in [4.78, 5) is 2.46. The van der Waals surface area contributed by atoms with Gasteiger partial charge in [-0.1, -0.05) is 188 Å². The molecule has 268 valence electrons. The van der Waals surface area contributed by atoms with Crippen LogP contribution in [-0.2, 0) is 5.41 Å². The van der Waals surface area contributed by atoms with Crippen LogP contribution in [-0.4, -0.2) is 0 Å². The van der Waals surface area contributed by atoms with Crippen molar-refractivity contribution in [2.24, 2.45) is 0 Å². The lowest BCUT2D eigenvalue weighted by Gasteiger charge is -2.31. The summed E-state index contributed by atoms with van der Waals surface area (Å²) in [5.74, 6) is 0. The van der Waals surface area contributed by atoms with Gasteiger partial charge in [-0.25, -0.2) is 0 Å². The molecule has 0 spiro atoms. The molecule has 0 N–H and O–H groups in total. The lowest BCUT2D eigenvalue weighted by molar-refractivity contribution is 0.721. The number of rotatable bonds is 6. The smallest absolute Gasteiger partial charge is 0.0543 e. The summed E-state index contributed by atoms with van der Waals surface area (Å²) in [6, 6.07) is 80.3. The van der Waals surface area contributed by atoms with Gasteiger partial charge in [0.2, 0.25) is 0 Å². The predicted molar refractivity (Wildman–Crippen MR) is 242 cm³/mol. The fourth-order valence-electron chi connectivity index (χ4n) is 9.62. The van der Waals surface area contributed by atoms with E-state index < -0.39 is 0 Å². The van der Waals surface area contributed by atoms with Crippen LogP contribution in [0.4, 0.5) is 17.1 Å². The van der Waals surface area contributed by atoms with Crippen molar-refractivity contribution in [2.45, 2.75) is 12.3 Å². The zero-order valence-corrected chi connectivity index (χ0v) is 31.7. The third kappa shape index (κ3) is 5.24. The fourth-order valence-corrected chi connectivity index (χ4v) is 9.62. The molecule has 57 heavy (non-hydrogen) atoms. The third-order valence-electron chi connectivity index (χ3n) is 12.3. The van der Waals surface area contributed by atoms with Crippen LogP contribution in [0.25, 0.3) is 65.7 Å². The number of nitrogens with zero attached hydrogens (tertiary/aromatic N) is 1. The summed E-state index contributed by atoms with van der Waals surface area (Å²) in [5, 5.41) is 7.58. The fraction of sp³-hybridized carbons (Fsp3) is 0.0357. The monoisotopic (exact) mass is 725 g/mol.